The minimum absolute atomic E-state index is 0.0847. The van der Waals surface area contributed by atoms with Crippen molar-refractivity contribution in [3.8, 4) is 0 Å². The van der Waals surface area contributed by atoms with Crippen LogP contribution in [0, 0.1) is 13.8 Å². The van der Waals surface area contributed by atoms with Crippen molar-refractivity contribution in [3.05, 3.63) is 47.3 Å². The molecular formula is C18H26N4O3S. The van der Waals surface area contributed by atoms with Crippen LogP contribution in [0.1, 0.15) is 42.0 Å². The molecule has 0 atom stereocenters. The van der Waals surface area contributed by atoms with Gasteiger partial charge < -0.3 is 5.32 Å². The van der Waals surface area contributed by atoms with Gasteiger partial charge in [0.2, 0.25) is 10.0 Å². The summed E-state index contributed by atoms with van der Waals surface area (Å²) in [7, 11) is -3.62. The minimum atomic E-state index is -3.62. The van der Waals surface area contributed by atoms with Gasteiger partial charge in [0.25, 0.3) is 5.91 Å². The van der Waals surface area contributed by atoms with Crippen LogP contribution in [-0.2, 0) is 16.6 Å². The van der Waals surface area contributed by atoms with E-state index in [-0.39, 0.29) is 16.8 Å². The number of amides is 1. The molecular weight excluding hydrogens is 352 g/mol. The highest BCUT2D eigenvalue weighted by atomic mass is 32.2. The number of rotatable bonds is 8. The molecule has 7 nitrogen and oxygen atoms in total. The summed E-state index contributed by atoms with van der Waals surface area (Å²) in [6.45, 7) is 8.63. The fourth-order valence-electron chi connectivity index (χ4n) is 2.62. The number of sulfonamides is 1. The summed E-state index contributed by atoms with van der Waals surface area (Å²) in [5.74, 6) is -0.292. The van der Waals surface area contributed by atoms with Crippen LogP contribution in [0.5, 0.6) is 0 Å². The van der Waals surface area contributed by atoms with E-state index in [0.717, 1.165) is 17.8 Å². The Morgan fingerprint density at radius 1 is 1.23 bits per heavy atom. The first kappa shape index (κ1) is 20.1. The molecule has 0 fully saturated rings. The van der Waals surface area contributed by atoms with Gasteiger partial charge in [-0.3, -0.25) is 9.48 Å². The predicted molar refractivity (Wildman–Crippen MR) is 101 cm³/mol. The quantitative estimate of drug-likeness (QED) is 0.687. The van der Waals surface area contributed by atoms with Gasteiger partial charge in [-0.1, -0.05) is 6.07 Å². The second-order valence-electron chi connectivity index (χ2n) is 6.56. The molecule has 2 aromatic rings. The summed E-state index contributed by atoms with van der Waals surface area (Å²) >= 11 is 0. The Morgan fingerprint density at radius 3 is 2.58 bits per heavy atom. The molecule has 0 unspecified atom stereocenters. The standard InChI is InChI=1S/C18H26N4O3S/c1-13(2)21-26(24,25)17-8-5-7-16(12-17)18(23)19-9-6-10-22-15(4)11-14(3)20-22/h5,7-8,11-13,21H,6,9-10H2,1-4H3,(H,19,23). The lowest BCUT2D eigenvalue weighted by Crippen LogP contribution is -2.30. The van der Waals surface area contributed by atoms with E-state index in [0.29, 0.717) is 18.7 Å². The van der Waals surface area contributed by atoms with Gasteiger partial charge in [0, 0.05) is 30.4 Å². The van der Waals surface area contributed by atoms with Crippen LogP contribution in [-0.4, -0.2) is 36.7 Å². The highest BCUT2D eigenvalue weighted by molar-refractivity contribution is 7.89. The fraction of sp³-hybridized carbons (Fsp3) is 0.444. The van der Waals surface area contributed by atoms with Crippen molar-refractivity contribution < 1.29 is 13.2 Å². The molecule has 0 saturated carbocycles. The number of nitrogens with zero attached hydrogens (tertiary/aromatic N) is 2. The molecule has 8 heteroatoms. The lowest BCUT2D eigenvalue weighted by molar-refractivity contribution is 0.0952. The molecule has 0 saturated heterocycles. The molecule has 0 aliphatic carbocycles. The summed E-state index contributed by atoms with van der Waals surface area (Å²) in [5.41, 5.74) is 2.38. The topological polar surface area (TPSA) is 93.1 Å². The number of nitrogens with one attached hydrogen (secondary N) is 2. The number of carbonyl (C=O) groups is 1. The summed E-state index contributed by atoms with van der Waals surface area (Å²) in [5, 5.41) is 7.20. The Morgan fingerprint density at radius 2 is 1.96 bits per heavy atom. The zero-order valence-corrected chi connectivity index (χ0v) is 16.4. The Balaban J connectivity index is 1.93. The molecule has 2 N–H and O–H groups in total. The average Bonchev–Trinajstić information content (AvgIpc) is 2.88. The summed E-state index contributed by atoms with van der Waals surface area (Å²) in [6, 6.07) is 7.83. The van der Waals surface area contributed by atoms with Gasteiger partial charge in [-0.15, -0.1) is 0 Å². The smallest absolute Gasteiger partial charge is 0.251 e. The molecule has 0 radical (unpaired) electrons. The van der Waals surface area contributed by atoms with Crippen molar-refractivity contribution in [1.29, 1.82) is 0 Å². The maximum absolute atomic E-state index is 12.3. The lowest BCUT2D eigenvalue weighted by Gasteiger charge is -2.11. The zero-order valence-electron chi connectivity index (χ0n) is 15.6. The first-order chi connectivity index (χ1) is 12.2. The van der Waals surface area contributed by atoms with Crippen LogP contribution in [0.25, 0.3) is 0 Å². The zero-order chi connectivity index (χ0) is 19.3. The molecule has 1 aromatic carbocycles. The highest BCUT2D eigenvalue weighted by Gasteiger charge is 2.17. The Labute approximate surface area is 154 Å². The second kappa shape index (κ2) is 8.46. The van der Waals surface area contributed by atoms with Crippen LogP contribution in [0.15, 0.2) is 35.2 Å². The normalized spacial score (nSPS) is 11.7. The van der Waals surface area contributed by atoms with E-state index in [9.17, 15) is 13.2 Å². The van der Waals surface area contributed by atoms with Crippen molar-refractivity contribution in [2.75, 3.05) is 6.54 Å². The van der Waals surface area contributed by atoms with Gasteiger partial charge in [0.1, 0.15) is 0 Å². The van der Waals surface area contributed by atoms with Gasteiger partial charge in [0.05, 0.1) is 10.6 Å². The molecule has 0 aliphatic rings. The fourth-order valence-corrected chi connectivity index (χ4v) is 3.91. The maximum Gasteiger partial charge on any atom is 0.251 e. The summed E-state index contributed by atoms with van der Waals surface area (Å²) in [4.78, 5) is 12.4. The first-order valence-corrected chi connectivity index (χ1v) is 10.1. The number of aromatic nitrogens is 2. The van der Waals surface area contributed by atoms with Crippen molar-refractivity contribution in [2.45, 2.75) is 51.6 Å². The highest BCUT2D eigenvalue weighted by Crippen LogP contribution is 2.12. The van der Waals surface area contributed by atoms with E-state index in [2.05, 4.69) is 15.1 Å². The van der Waals surface area contributed by atoms with E-state index in [1.807, 2.05) is 24.6 Å². The third-order valence-corrected chi connectivity index (χ3v) is 5.39. The predicted octanol–water partition coefficient (Wildman–Crippen LogP) is 2.01. The van der Waals surface area contributed by atoms with Crippen molar-refractivity contribution in [1.82, 2.24) is 19.8 Å². The van der Waals surface area contributed by atoms with Crippen molar-refractivity contribution in [3.63, 3.8) is 0 Å². The first-order valence-electron chi connectivity index (χ1n) is 8.60. The SMILES string of the molecule is Cc1cc(C)n(CCCNC(=O)c2cccc(S(=O)(=O)NC(C)C)c2)n1. The Bertz CT molecular complexity index is 872. The monoisotopic (exact) mass is 378 g/mol. The van der Waals surface area contributed by atoms with Crippen molar-refractivity contribution >= 4 is 15.9 Å². The van der Waals surface area contributed by atoms with E-state index in [4.69, 9.17) is 0 Å². The van der Waals surface area contributed by atoms with Gasteiger partial charge in [-0.2, -0.15) is 5.10 Å². The number of hydrogen-bond acceptors (Lipinski definition) is 4. The molecule has 1 heterocycles. The second-order valence-corrected chi connectivity index (χ2v) is 8.28. The number of benzene rings is 1. The van der Waals surface area contributed by atoms with Gasteiger partial charge in [-0.05, 0) is 58.4 Å². The van der Waals surface area contributed by atoms with Crippen LogP contribution in [0.2, 0.25) is 0 Å². The molecule has 142 valence electrons. The minimum Gasteiger partial charge on any atom is -0.352 e. The summed E-state index contributed by atoms with van der Waals surface area (Å²) in [6.07, 6.45) is 0.737. The molecule has 0 bridgehead atoms. The van der Waals surface area contributed by atoms with Gasteiger partial charge in [0.15, 0.2) is 0 Å². The van der Waals surface area contributed by atoms with Crippen LogP contribution in [0.3, 0.4) is 0 Å². The lowest BCUT2D eigenvalue weighted by atomic mass is 10.2. The number of hydrogen-bond donors (Lipinski definition) is 2. The molecule has 1 aromatic heterocycles. The maximum atomic E-state index is 12.3. The summed E-state index contributed by atoms with van der Waals surface area (Å²) < 4.78 is 28.9. The van der Waals surface area contributed by atoms with Crippen LogP contribution in [0.4, 0.5) is 0 Å². The number of aryl methyl sites for hydroxylation is 3. The molecule has 1 amide bonds. The van der Waals surface area contributed by atoms with E-state index >= 15 is 0 Å². The largest absolute Gasteiger partial charge is 0.352 e. The third-order valence-electron chi connectivity index (χ3n) is 3.73. The Hall–Kier alpha value is -2.19. The van der Waals surface area contributed by atoms with E-state index in [1.165, 1.54) is 12.1 Å². The average molecular weight is 378 g/mol. The van der Waals surface area contributed by atoms with Gasteiger partial charge in [-0.25, -0.2) is 13.1 Å². The molecule has 2 rings (SSSR count). The van der Waals surface area contributed by atoms with E-state index < -0.39 is 10.0 Å². The molecule has 26 heavy (non-hydrogen) atoms. The molecule has 0 aliphatic heterocycles. The van der Waals surface area contributed by atoms with Crippen LogP contribution >= 0.6 is 0 Å². The molecule has 0 spiro atoms. The van der Waals surface area contributed by atoms with Crippen molar-refractivity contribution in [2.24, 2.45) is 0 Å². The number of carbonyl (C=O) groups excluding carboxylic acids is 1. The van der Waals surface area contributed by atoms with Crippen LogP contribution < -0.4 is 10.0 Å². The van der Waals surface area contributed by atoms with E-state index in [1.54, 1.807) is 26.0 Å². The Kier molecular flexibility index (Phi) is 6.55. The van der Waals surface area contributed by atoms with Gasteiger partial charge >= 0.3 is 0 Å². The third kappa shape index (κ3) is 5.40.